The minimum atomic E-state index is -0.233. The van der Waals surface area contributed by atoms with E-state index < -0.39 is 0 Å². The van der Waals surface area contributed by atoms with Gasteiger partial charge in [0.15, 0.2) is 0 Å². The summed E-state index contributed by atoms with van der Waals surface area (Å²) in [6.07, 6.45) is 8.32. The minimum Gasteiger partial charge on any atom is -0.207 e. The van der Waals surface area contributed by atoms with Crippen LogP contribution in [0.25, 0.3) is 6.08 Å². The Kier molecular flexibility index (Phi) is 2.46. The van der Waals surface area contributed by atoms with Crippen molar-refractivity contribution >= 4 is 6.08 Å². The van der Waals surface area contributed by atoms with Gasteiger partial charge >= 0.3 is 0 Å². The van der Waals surface area contributed by atoms with Crippen molar-refractivity contribution in [1.82, 2.24) is 0 Å². The molecule has 0 bridgehead atoms. The first-order chi connectivity index (χ1) is 5.33. The van der Waals surface area contributed by atoms with Gasteiger partial charge in [0.05, 0.1) is 0 Å². The van der Waals surface area contributed by atoms with Crippen LogP contribution in [0, 0.1) is 18.2 Å². The summed E-state index contributed by atoms with van der Waals surface area (Å²) in [5, 5.41) is 0. The second-order valence-electron chi connectivity index (χ2n) is 2.05. The van der Waals surface area contributed by atoms with Crippen LogP contribution in [0.4, 0.5) is 4.39 Å². The quantitative estimate of drug-likeness (QED) is 0.534. The molecular weight excluding hydrogens is 139 g/mol. The first-order valence-electron chi connectivity index (χ1n) is 3.21. The molecule has 0 radical (unpaired) electrons. The summed E-state index contributed by atoms with van der Waals surface area (Å²) in [4.78, 5) is 0. The van der Waals surface area contributed by atoms with Gasteiger partial charge in [0.2, 0.25) is 0 Å². The maximum Gasteiger partial charge on any atom is 0.123 e. The number of terminal acetylenes is 1. The Balaban J connectivity index is 2.84. The zero-order valence-corrected chi connectivity index (χ0v) is 5.92. The molecule has 0 heterocycles. The highest BCUT2D eigenvalue weighted by molar-refractivity contribution is 5.51. The highest BCUT2D eigenvalue weighted by Crippen LogP contribution is 2.03. The number of hydrogen-bond donors (Lipinski definition) is 0. The molecule has 0 N–H and O–H groups in total. The second-order valence-corrected chi connectivity index (χ2v) is 2.05. The lowest BCUT2D eigenvalue weighted by molar-refractivity contribution is 0.628. The molecule has 1 rings (SSSR count). The van der Waals surface area contributed by atoms with Crippen molar-refractivity contribution in [3.63, 3.8) is 0 Å². The van der Waals surface area contributed by atoms with Crippen molar-refractivity contribution in [2.75, 3.05) is 0 Å². The van der Waals surface area contributed by atoms with Crippen LogP contribution in [0.5, 0.6) is 0 Å². The Bertz CT molecular complexity index is 288. The number of hydrogen-bond acceptors (Lipinski definition) is 0. The Morgan fingerprint density at radius 3 is 2.45 bits per heavy atom. The van der Waals surface area contributed by atoms with Crippen molar-refractivity contribution in [2.45, 2.75) is 0 Å². The molecule has 11 heavy (non-hydrogen) atoms. The van der Waals surface area contributed by atoms with Gasteiger partial charge in [0, 0.05) is 0 Å². The fraction of sp³-hybridized carbons (Fsp3) is 0. The van der Waals surface area contributed by atoms with Gasteiger partial charge in [-0.25, -0.2) is 4.39 Å². The summed E-state index contributed by atoms with van der Waals surface area (Å²) in [5.41, 5.74) is 0.907. The van der Waals surface area contributed by atoms with Crippen LogP contribution >= 0.6 is 0 Å². The molecule has 0 saturated carbocycles. The van der Waals surface area contributed by atoms with Gasteiger partial charge in [-0.1, -0.05) is 18.1 Å². The van der Waals surface area contributed by atoms with E-state index in [9.17, 15) is 4.39 Å². The van der Waals surface area contributed by atoms with E-state index in [-0.39, 0.29) is 5.82 Å². The van der Waals surface area contributed by atoms with Crippen LogP contribution < -0.4 is 0 Å². The van der Waals surface area contributed by atoms with Gasteiger partial charge in [0.25, 0.3) is 0 Å². The highest BCUT2D eigenvalue weighted by Gasteiger charge is 1.86. The van der Waals surface area contributed by atoms with Crippen molar-refractivity contribution in [1.29, 1.82) is 0 Å². The van der Waals surface area contributed by atoms with Gasteiger partial charge in [-0.2, -0.15) is 0 Å². The molecule has 0 aliphatic rings. The largest absolute Gasteiger partial charge is 0.207 e. The zero-order valence-electron chi connectivity index (χ0n) is 5.92. The Morgan fingerprint density at radius 1 is 1.27 bits per heavy atom. The lowest BCUT2D eigenvalue weighted by atomic mass is 10.2. The number of halogens is 1. The van der Waals surface area contributed by atoms with E-state index in [0.717, 1.165) is 5.56 Å². The van der Waals surface area contributed by atoms with Crippen molar-refractivity contribution in [3.8, 4) is 12.3 Å². The summed E-state index contributed by atoms with van der Waals surface area (Å²) in [6, 6.07) is 6.14. The average Bonchev–Trinajstić information content (AvgIpc) is 2.04. The molecule has 1 aromatic carbocycles. The van der Waals surface area contributed by atoms with E-state index in [4.69, 9.17) is 6.42 Å². The Labute approximate surface area is 65.4 Å². The molecule has 54 valence electrons. The van der Waals surface area contributed by atoms with Crippen LogP contribution in [0.1, 0.15) is 5.56 Å². The lowest BCUT2D eigenvalue weighted by Crippen LogP contribution is -1.73. The Morgan fingerprint density at radius 2 is 1.91 bits per heavy atom. The van der Waals surface area contributed by atoms with Crippen LogP contribution in [0.3, 0.4) is 0 Å². The summed E-state index contributed by atoms with van der Waals surface area (Å²) in [6.45, 7) is 0. The fourth-order valence-corrected chi connectivity index (χ4v) is 0.718. The molecule has 0 unspecified atom stereocenters. The minimum absolute atomic E-state index is 0.233. The standard InChI is InChI=1S/C10H7F/c1-2-3-4-9-5-7-10(11)8-6-9/h1,3-8H/b4-3+. The summed E-state index contributed by atoms with van der Waals surface area (Å²) >= 11 is 0. The number of allylic oxidation sites excluding steroid dienone is 1. The van der Waals surface area contributed by atoms with E-state index in [1.165, 1.54) is 12.1 Å². The predicted octanol–water partition coefficient (Wildman–Crippen LogP) is 2.47. The average molecular weight is 146 g/mol. The van der Waals surface area contributed by atoms with Gasteiger partial charge < -0.3 is 0 Å². The second kappa shape index (κ2) is 3.58. The molecule has 0 atom stereocenters. The summed E-state index contributed by atoms with van der Waals surface area (Å²) in [5.74, 6) is 2.12. The van der Waals surface area contributed by atoms with Crippen molar-refractivity contribution in [3.05, 3.63) is 41.7 Å². The maximum absolute atomic E-state index is 12.3. The SMILES string of the molecule is C#C/C=C/c1ccc(F)cc1. The van der Waals surface area contributed by atoms with E-state index in [2.05, 4.69) is 5.92 Å². The van der Waals surface area contributed by atoms with E-state index in [1.807, 2.05) is 0 Å². The number of rotatable bonds is 1. The molecule has 0 nitrogen and oxygen atoms in total. The van der Waals surface area contributed by atoms with Crippen LogP contribution in [0.2, 0.25) is 0 Å². The first kappa shape index (κ1) is 7.56. The van der Waals surface area contributed by atoms with Crippen molar-refractivity contribution in [2.24, 2.45) is 0 Å². The molecule has 0 fully saturated rings. The predicted molar refractivity (Wildman–Crippen MR) is 44.3 cm³/mol. The molecular formula is C10H7F. The Hall–Kier alpha value is -1.55. The first-order valence-corrected chi connectivity index (χ1v) is 3.21. The molecule has 0 aliphatic heterocycles. The number of benzene rings is 1. The molecule has 0 saturated heterocycles. The van der Waals surface area contributed by atoms with Crippen LogP contribution in [0.15, 0.2) is 30.3 Å². The molecule has 0 amide bonds. The molecule has 1 heteroatoms. The normalized spacial score (nSPS) is 9.82. The zero-order chi connectivity index (χ0) is 8.10. The van der Waals surface area contributed by atoms with Crippen LogP contribution in [-0.4, -0.2) is 0 Å². The summed E-state index contributed by atoms with van der Waals surface area (Å²) < 4.78 is 12.3. The van der Waals surface area contributed by atoms with Crippen LogP contribution in [-0.2, 0) is 0 Å². The highest BCUT2D eigenvalue weighted by atomic mass is 19.1. The molecule has 0 aliphatic carbocycles. The monoisotopic (exact) mass is 146 g/mol. The van der Waals surface area contributed by atoms with E-state index in [0.29, 0.717) is 0 Å². The third kappa shape index (κ3) is 2.27. The van der Waals surface area contributed by atoms with Gasteiger partial charge in [-0.3, -0.25) is 0 Å². The fourth-order valence-electron chi connectivity index (χ4n) is 0.718. The summed E-state index contributed by atoms with van der Waals surface area (Å²) in [7, 11) is 0. The van der Waals surface area contributed by atoms with Gasteiger partial charge in [-0.05, 0) is 29.8 Å². The molecule has 1 aromatic rings. The third-order valence-corrected chi connectivity index (χ3v) is 1.24. The maximum atomic E-state index is 12.3. The smallest absolute Gasteiger partial charge is 0.123 e. The van der Waals surface area contributed by atoms with E-state index in [1.54, 1.807) is 24.3 Å². The lowest BCUT2D eigenvalue weighted by Gasteiger charge is -1.89. The van der Waals surface area contributed by atoms with Gasteiger partial charge in [-0.15, -0.1) is 6.42 Å². The molecule has 0 spiro atoms. The third-order valence-electron chi connectivity index (χ3n) is 1.24. The van der Waals surface area contributed by atoms with Crippen molar-refractivity contribution < 1.29 is 4.39 Å². The van der Waals surface area contributed by atoms with Gasteiger partial charge in [0.1, 0.15) is 5.82 Å². The topological polar surface area (TPSA) is 0 Å². The molecule has 0 aromatic heterocycles. The van der Waals surface area contributed by atoms with E-state index >= 15 is 0 Å².